The minimum absolute atomic E-state index is 0.183. The van der Waals surface area contributed by atoms with Crippen LogP contribution < -0.4 is 5.73 Å². The summed E-state index contributed by atoms with van der Waals surface area (Å²) in [6, 6.07) is 1.70. The van der Waals surface area contributed by atoms with Gasteiger partial charge in [-0.1, -0.05) is 11.6 Å². The molecule has 0 spiro atoms. The Bertz CT molecular complexity index is 588. The van der Waals surface area contributed by atoms with Gasteiger partial charge in [0.15, 0.2) is 0 Å². The van der Waals surface area contributed by atoms with Gasteiger partial charge in [-0.25, -0.2) is 12.8 Å². The van der Waals surface area contributed by atoms with Crippen LogP contribution in [-0.4, -0.2) is 39.0 Å². The topological polar surface area (TPSA) is 72.6 Å². The lowest BCUT2D eigenvalue weighted by Crippen LogP contribution is -2.37. The predicted molar refractivity (Wildman–Crippen MR) is 70.0 cm³/mol. The molecule has 5 nitrogen and oxygen atoms in total. The number of nitrogens with two attached hydrogens (primary N) is 1. The average Bonchev–Trinajstić information content (AvgIpc) is 2.86. The van der Waals surface area contributed by atoms with Crippen molar-refractivity contribution in [3.05, 3.63) is 23.0 Å². The van der Waals surface area contributed by atoms with Crippen LogP contribution in [0.4, 0.5) is 10.1 Å². The summed E-state index contributed by atoms with van der Waals surface area (Å²) < 4.78 is 44.4. The summed E-state index contributed by atoms with van der Waals surface area (Å²) in [6.45, 7) is 0.855. The van der Waals surface area contributed by atoms with Gasteiger partial charge in [-0.2, -0.15) is 4.31 Å². The van der Waals surface area contributed by atoms with E-state index in [-0.39, 0.29) is 21.6 Å². The van der Waals surface area contributed by atoms with E-state index < -0.39 is 15.8 Å². The third-order valence-corrected chi connectivity index (χ3v) is 5.50. The standard InChI is InChI=1S/C11H14ClFN2O3S/c1-15(7-2-3-18-6-7)19(16,17)11-5-10(14)9(13)4-8(11)12/h4-5,7H,2-3,6,14H2,1H3. The Morgan fingerprint density at radius 2 is 2.21 bits per heavy atom. The van der Waals surface area contributed by atoms with Gasteiger partial charge in [-0.05, 0) is 18.6 Å². The molecule has 2 N–H and O–H groups in total. The minimum Gasteiger partial charge on any atom is -0.396 e. The minimum atomic E-state index is -3.82. The molecule has 1 heterocycles. The van der Waals surface area contributed by atoms with Gasteiger partial charge < -0.3 is 10.5 Å². The van der Waals surface area contributed by atoms with Crippen molar-refractivity contribution in [2.24, 2.45) is 0 Å². The molecule has 0 saturated carbocycles. The molecule has 19 heavy (non-hydrogen) atoms. The highest BCUT2D eigenvalue weighted by atomic mass is 35.5. The van der Waals surface area contributed by atoms with E-state index in [4.69, 9.17) is 22.1 Å². The summed E-state index contributed by atoms with van der Waals surface area (Å²) >= 11 is 5.80. The molecule has 1 aliphatic heterocycles. The van der Waals surface area contributed by atoms with Gasteiger partial charge in [0.25, 0.3) is 0 Å². The molecule has 106 valence electrons. The van der Waals surface area contributed by atoms with Crippen molar-refractivity contribution < 1.29 is 17.5 Å². The van der Waals surface area contributed by atoms with Crippen LogP contribution in [0.5, 0.6) is 0 Å². The van der Waals surface area contributed by atoms with Crippen molar-refractivity contribution in [2.75, 3.05) is 26.0 Å². The van der Waals surface area contributed by atoms with Gasteiger partial charge in [0.1, 0.15) is 10.7 Å². The van der Waals surface area contributed by atoms with Gasteiger partial charge >= 0.3 is 0 Å². The van der Waals surface area contributed by atoms with Crippen LogP contribution in [0.25, 0.3) is 0 Å². The smallest absolute Gasteiger partial charge is 0.244 e. The van der Waals surface area contributed by atoms with Gasteiger partial charge in [0.05, 0.1) is 23.4 Å². The molecule has 1 unspecified atom stereocenters. The number of nitrogens with zero attached hydrogens (tertiary/aromatic N) is 1. The third kappa shape index (κ3) is 2.69. The molecule has 1 atom stereocenters. The summed E-state index contributed by atoms with van der Waals surface area (Å²) in [5, 5.41) is -0.183. The molecule has 1 fully saturated rings. The number of halogens is 2. The third-order valence-electron chi connectivity index (χ3n) is 3.13. The van der Waals surface area contributed by atoms with Crippen LogP contribution in [0.15, 0.2) is 17.0 Å². The van der Waals surface area contributed by atoms with Crippen LogP contribution in [0.1, 0.15) is 6.42 Å². The first kappa shape index (κ1) is 14.5. The lowest BCUT2D eigenvalue weighted by molar-refractivity contribution is 0.181. The van der Waals surface area contributed by atoms with Crippen LogP contribution in [0, 0.1) is 5.82 Å². The fraction of sp³-hybridized carbons (Fsp3) is 0.455. The Morgan fingerprint density at radius 1 is 1.53 bits per heavy atom. The summed E-state index contributed by atoms with van der Waals surface area (Å²) in [5.41, 5.74) is 5.15. The summed E-state index contributed by atoms with van der Waals surface area (Å²) in [5.74, 6) is -0.740. The predicted octanol–water partition coefficient (Wildman–Crippen LogP) is 1.47. The van der Waals surface area contributed by atoms with E-state index in [0.717, 1.165) is 12.1 Å². The quantitative estimate of drug-likeness (QED) is 0.858. The van der Waals surface area contributed by atoms with Gasteiger partial charge in [-0.15, -0.1) is 0 Å². The molecule has 0 aliphatic carbocycles. The van der Waals surface area contributed by atoms with Crippen molar-refractivity contribution in [1.82, 2.24) is 4.31 Å². The van der Waals surface area contributed by atoms with Crippen molar-refractivity contribution in [1.29, 1.82) is 0 Å². The van der Waals surface area contributed by atoms with Crippen LogP contribution in [0.2, 0.25) is 5.02 Å². The molecule has 0 amide bonds. The number of rotatable bonds is 3. The van der Waals surface area contributed by atoms with Crippen molar-refractivity contribution >= 4 is 27.3 Å². The number of sulfonamides is 1. The number of hydrogen-bond acceptors (Lipinski definition) is 4. The molecule has 2 rings (SSSR count). The molecule has 1 aromatic carbocycles. The van der Waals surface area contributed by atoms with Gasteiger partial charge in [0, 0.05) is 13.7 Å². The lowest BCUT2D eigenvalue weighted by Gasteiger charge is -2.23. The van der Waals surface area contributed by atoms with E-state index in [1.54, 1.807) is 0 Å². The largest absolute Gasteiger partial charge is 0.396 e. The maximum Gasteiger partial charge on any atom is 0.244 e. The van der Waals surface area contributed by atoms with Gasteiger partial charge in [-0.3, -0.25) is 0 Å². The summed E-state index contributed by atoms with van der Waals surface area (Å²) in [6.07, 6.45) is 0.615. The first-order chi connectivity index (χ1) is 8.84. The van der Waals surface area contributed by atoms with E-state index in [2.05, 4.69) is 0 Å². The van der Waals surface area contributed by atoms with Gasteiger partial charge in [0.2, 0.25) is 10.0 Å². The Kier molecular flexibility index (Phi) is 4.00. The van der Waals surface area contributed by atoms with Crippen molar-refractivity contribution in [3.63, 3.8) is 0 Å². The molecule has 1 aliphatic rings. The number of anilines is 1. The molecule has 0 aromatic heterocycles. The number of hydrogen-bond donors (Lipinski definition) is 1. The molecule has 1 saturated heterocycles. The van der Waals surface area contributed by atoms with Crippen LogP contribution >= 0.6 is 11.6 Å². The Labute approximate surface area is 116 Å². The second-order valence-corrected chi connectivity index (χ2v) is 6.72. The second-order valence-electron chi connectivity index (χ2n) is 4.34. The van der Waals surface area contributed by atoms with E-state index in [9.17, 15) is 12.8 Å². The second kappa shape index (κ2) is 5.24. The van der Waals surface area contributed by atoms with E-state index >= 15 is 0 Å². The highest BCUT2D eigenvalue weighted by Gasteiger charge is 2.32. The summed E-state index contributed by atoms with van der Waals surface area (Å²) in [4.78, 5) is -0.192. The summed E-state index contributed by atoms with van der Waals surface area (Å²) in [7, 11) is -2.37. The highest BCUT2D eigenvalue weighted by molar-refractivity contribution is 7.89. The molecular formula is C11H14ClFN2O3S. The first-order valence-electron chi connectivity index (χ1n) is 5.64. The van der Waals surface area contributed by atoms with Crippen molar-refractivity contribution in [2.45, 2.75) is 17.4 Å². The zero-order valence-corrected chi connectivity index (χ0v) is 11.8. The zero-order chi connectivity index (χ0) is 14.2. The van der Waals surface area contributed by atoms with E-state index in [1.165, 1.54) is 11.4 Å². The molecule has 0 radical (unpaired) electrons. The number of likely N-dealkylation sites (N-methyl/N-ethyl adjacent to an activating group) is 1. The maximum absolute atomic E-state index is 13.2. The highest BCUT2D eigenvalue weighted by Crippen LogP contribution is 2.30. The van der Waals surface area contributed by atoms with E-state index in [1.807, 2.05) is 0 Å². The monoisotopic (exact) mass is 308 g/mol. The SMILES string of the molecule is CN(C1CCOC1)S(=O)(=O)c1cc(N)c(F)cc1Cl. The number of nitrogen functional groups attached to an aromatic ring is 1. The number of benzene rings is 1. The van der Waals surface area contributed by atoms with Crippen LogP contribution in [0.3, 0.4) is 0 Å². The molecule has 1 aromatic rings. The van der Waals surface area contributed by atoms with Crippen LogP contribution in [-0.2, 0) is 14.8 Å². The van der Waals surface area contributed by atoms with E-state index in [0.29, 0.717) is 19.6 Å². The normalized spacial score (nSPS) is 20.1. The van der Waals surface area contributed by atoms with Crippen molar-refractivity contribution in [3.8, 4) is 0 Å². The maximum atomic E-state index is 13.2. The molecule has 8 heteroatoms. The number of ether oxygens (including phenoxy) is 1. The first-order valence-corrected chi connectivity index (χ1v) is 7.46. The zero-order valence-electron chi connectivity index (χ0n) is 10.3. The molecular weight excluding hydrogens is 295 g/mol. The lowest BCUT2D eigenvalue weighted by atomic mass is 10.3. The average molecular weight is 309 g/mol. The fourth-order valence-electron chi connectivity index (χ4n) is 1.90. The molecule has 0 bridgehead atoms. The Hall–Kier alpha value is -0.890. The Balaban J connectivity index is 2.41. The Morgan fingerprint density at radius 3 is 2.79 bits per heavy atom. The fourth-order valence-corrected chi connectivity index (χ4v) is 3.80.